The molecular weight excluding hydrogens is 181 g/mol. The lowest BCUT2D eigenvalue weighted by molar-refractivity contribution is 0.263. The van der Waals surface area contributed by atoms with Gasteiger partial charge in [-0.15, -0.1) is 0 Å². The van der Waals surface area contributed by atoms with Crippen molar-refractivity contribution in [1.29, 1.82) is 0 Å². The summed E-state index contributed by atoms with van der Waals surface area (Å²) < 4.78 is 13.4. The molecule has 3 nitrogen and oxygen atoms in total. The average molecular weight is 197 g/mol. The standard InChI is InChI=1S/C10H16FN3/c1-10(2,3)9(14-12)8-7(11)5-4-6-13-8/h4-6,9,14H,12H2,1-3H3. The molecule has 1 heterocycles. The van der Waals surface area contributed by atoms with Crippen LogP contribution in [0.15, 0.2) is 18.3 Å². The summed E-state index contributed by atoms with van der Waals surface area (Å²) in [7, 11) is 0. The van der Waals surface area contributed by atoms with Gasteiger partial charge in [-0.3, -0.25) is 16.3 Å². The van der Waals surface area contributed by atoms with Crippen LogP contribution in [-0.2, 0) is 0 Å². The summed E-state index contributed by atoms with van der Waals surface area (Å²) in [6.07, 6.45) is 1.56. The third kappa shape index (κ3) is 2.27. The topological polar surface area (TPSA) is 50.9 Å². The Hall–Kier alpha value is -1.00. The summed E-state index contributed by atoms with van der Waals surface area (Å²) in [5.74, 6) is 5.07. The Bertz CT molecular complexity index is 306. The van der Waals surface area contributed by atoms with Gasteiger partial charge in [-0.1, -0.05) is 20.8 Å². The number of hydrazine groups is 1. The Kier molecular flexibility index (Phi) is 3.18. The number of nitrogens with zero attached hydrogens (tertiary/aromatic N) is 1. The largest absolute Gasteiger partial charge is 0.271 e. The second-order valence-electron chi connectivity index (χ2n) is 4.34. The first-order chi connectivity index (χ1) is 6.46. The normalized spacial score (nSPS) is 14.1. The van der Waals surface area contributed by atoms with E-state index >= 15 is 0 Å². The monoisotopic (exact) mass is 197 g/mol. The summed E-state index contributed by atoms with van der Waals surface area (Å²) >= 11 is 0. The van der Waals surface area contributed by atoms with E-state index in [9.17, 15) is 4.39 Å². The van der Waals surface area contributed by atoms with Crippen LogP contribution in [0.3, 0.4) is 0 Å². The lowest BCUT2D eigenvalue weighted by atomic mass is 9.85. The molecule has 0 bridgehead atoms. The summed E-state index contributed by atoms with van der Waals surface area (Å²) in [6.45, 7) is 5.93. The van der Waals surface area contributed by atoms with Crippen molar-refractivity contribution in [2.45, 2.75) is 26.8 Å². The van der Waals surface area contributed by atoms with Gasteiger partial charge in [-0.05, 0) is 17.5 Å². The van der Waals surface area contributed by atoms with Crippen LogP contribution >= 0.6 is 0 Å². The second-order valence-corrected chi connectivity index (χ2v) is 4.34. The zero-order chi connectivity index (χ0) is 10.8. The molecule has 0 saturated carbocycles. The highest BCUT2D eigenvalue weighted by Crippen LogP contribution is 2.31. The fraction of sp³-hybridized carbons (Fsp3) is 0.500. The lowest BCUT2D eigenvalue weighted by Gasteiger charge is -2.29. The highest BCUT2D eigenvalue weighted by molar-refractivity contribution is 5.13. The maximum absolute atomic E-state index is 13.4. The van der Waals surface area contributed by atoms with Crippen LogP contribution in [0.4, 0.5) is 4.39 Å². The van der Waals surface area contributed by atoms with Crippen molar-refractivity contribution in [1.82, 2.24) is 10.4 Å². The number of rotatable bonds is 2. The van der Waals surface area contributed by atoms with Gasteiger partial charge in [-0.25, -0.2) is 4.39 Å². The van der Waals surface area contributed by atoms with Crippen molar-refractivity contribution in [3.05, 3.63) is 29.8 Å². The third-order valence-electron chi connectivity index (χ3n) is 2.09. The van der Waals surface area contributed by atoms with E-state index in [0.29, 0.717) is 5.69 Å². The van der Waals surface area contributed by atoms with Gasteiger partial charge in [0.15, 0.2) is 0 Å². The minimum Gasteiger partial charge on any atom is -0.271 e. The average Bonchev–Trinajstić information content (AvgIpc) is 2.07. The van der Waals surface area contributed by atoms with Gasteiger partial charge < -0.3 is 0 Å². The Morgan fingerprint density at radius 2 is 2.14 bits per heavy atom. The number of aromatic nitrogens is 1. The quantitative estimate of drug-likeness (QED) is 0.561. The van der Waals surface area contributed by atoms with E-state index in [-0.39, 0.29) is 17.3 Å². The van der Waals surface area contributed by atoms with E-state index in [1.807, 2.05) is 20.8 Å². The smallest absolute Gasteiger partial charge is 0.146 e. The number of hydrogen-bond donors (Lipinski definition) is 2. The van der Waals surface area contributed by atoms with Crippen LogP contribution in [0.2, 0.25) is 0 Å². The van der Waals surface area contributed by atoms with E-state index in [0.717, 1.165) is 0 Å². The van der Waals surface area contributed by atoms with Gasteiger partial charge in [0.05, 0.1) is 11.7 Å². The Morgan fingerprint density at radius 1 is 1.50 bits per heavy atom. The molecule has 1 unspecified atom stereocenters. The molecule has 0 aliphatic carbocycles. The van der Waals surface area contributed by atoms with Crippen molar-refractivity contribution in [2.24, 2.45) is 11.3 Å². The maximum atomic E-state index is 13.4. The molecule has 0 fully saturated rings. The van der Waals surface area contributed by atoms with E-state index in [4.69, 9.17) is 5.84 Å². The first-order valence-electron chi connectivity index (χ1n) is 4.53. The molecule has 0 aromatic carbocycles. The molecule has 0 aliphatic rings. The SMILES string of the molecule is CC(C)(C)C(NN)c1ncccc1F. The van der Waals surface area contributed by atoms with Crippen LogP contribution in [-0.4, -0.2) is 4.98 Å². The Morgan fingerprint density at radius 3 is 2.57 bits per heavy atom. The van der Waals surface area contributed by atoms with Gasteiger partial charge in [-0.2, -0.15) is 0 Å². The second kappa shape index (κ2) is 4.02. The Balaban J connectivity index is 3.08. The summed E-state index contributed by atoms with van der Waals surface area (Å²) in [5, 5.41) is 0. The molecule has 4 heteroatoms. The molecule has 0 saturated heterocycles. The van der Waals surface area contributed by atoms with Crippen LogP contribution in [0, 0.1) is 11.2 Å². The molecule has 1 aromatic rings. The molecule has 14 heavy (non-hydrogen) atoms. The third-order valence-corrected chi connectivity index (χ3v) is 2.09. The minimum absolute atomic E-state index is 0.177. The first kappa shape index (κ1) is 11.1. The summed E-state index contributed by atoms with van der Waals surface area (Å²) in [5.41, 5.74) is 2.78. The van der Waals surface area contributed by atoms with E-state index < -0.39 is 0 Å². The van der Waals surface area contributed by atoms with Gasteiger partial charge >= 0.3 is 0 Å². The summed E-state index contributed by atoms with van der Waals surface area (Å²) in [4.78, 5) is 4.00. The first-order valence-corrected chi connectivity index (χ1v) is 4.53. The zero-order valence-corrected chi connectivity index (χ0v) is 8.71. The number of hydrogen-bond acceptors (Lipinski definition) is 3. The minimum atomic E-state index is -0.328. The van der Waals surface area contributed by atoms with Gasteiger partial charge in [0.25, 0.3) is 0 Å². The van der Waals surface area contributed by atoms with Crippen molar-refractivity contribution >= 4 is 0 Å². The number of pyridine rings is 1. The molecule has 0 radical (unpaired) electrons. The van der Waals surface area contributed by atoms with Crippen LogP contribution < -0.4 is 11.3 Å². The molecular formula is C10H16FN3. The van der Waals surface area contributed by atoms with Gasteiger partial charge in [0.2, 0.25) is 0 Å². The molecule has 1 atom stereocenters. The van der Waals surface area contributed by atoms with Crippen molar-refractivity contribution < 1.29 is 4.39 Å². The van der Waals surface area contributed by atoms with Gasteiger partial charge in [0, 0.05) is 6.20 Å². The lowest BCUT2D eigenvalue weighted by Crippen LogP contribution is -2.38. The van der Waals surface area contributed by atoms with E-state index in [1.165, 1.54) is 6.07 Å². The fourth-order valence-corrected chi connectivity index (χ4v) is 1.35. The van der Waals surface area contributed by atoms with Crippen molar-refractivity contribution in [2.75, 3.05) is 0 Å². The molecule has 0 amide bonds. The number of halogens is 1. The summed E-state index contributed by atoms with van der Waals surface area (Å²) in [6, 6.07) is 2.66. The zero-order valence-electron chi connectivity index (χ0n) is 8.71. The predicted octanol–water partition coefficient (Wildman–Crippen LogP) is 1.77. The highest BCUT2D eigenvalue weighted by Gasteiger charge is 2.28. The maximum Gasteiger partial charge on any atom is 0.146 e. The van der Waals surface area contributed by atoms with E-state index in [1.54, 1.807) is 12.3 Å². The molecule has 3 N–H and O–H groups in total. The fourth-order valence-electron chi connectivity index (χ4n) is 1.35. The molecule has 1 aromatic heterocycles. The molecule has 0 aliphatic heterocycles. The van der Waals surface area contributed by atoms with Crippen LogP contribution in [0.25, 0.3) is 0 Å². The molecule has 1 rings (SSSR count). The number of nitrogens with one attached hydrogen (secondary N) is 1. The molecule has 0 spiro atoms. The Labute approximate surface area is 83.5 Å². The van der Waals surface area contributed by atoms with Crippen molar-refractivity contribution in [3.8, 4) is 0 Å². The van der Waals surface area contributed by atoms with Crippen LogP contribution in [0.5, 0.6) is 0 Å². The molecule has 78 valence electrons. The number of nitrogens with two attached hydrogens (primary N) is 1. The van der Waals surface area contributed by atoms with Crippen molar-refractivity contribution in [3.63, 3.8) is 0 Å². The van der Waals surface area contributed by atoms with Gasteiger partial charge in [0.1, 0.15) is 5.82 Å². The highest BCUT2D eigenvalue weighted by atomic mass is 19.1. The predicted molar refractivity (Wildman–Crippen MR) is 53.7 cm³/mol. The van der Waals surface area contributed by atoms with E-state index in [2.05, 4.69) is 10.4 Å². The van der Waals surface area contributed by atoms with Crippen LogP contribution in [0.1, 0.15) is 32.5 Å².